The zero-order valence-electron chi connectivity index (χ0n) is 28.2. The first-order valence-electron chi connectivity index (χ1n) is 16.0. The highest BCUT2D eigenvalue weighted by molar-refractivity contribution is 8.00. The van der Waals surface area contributed by atoms with Crippen LogP contribution in [0.3, 0.4) is 0 Å². The van der Waals surface area contributed by atoms with Gasteiger partial charge in [0.1, 0.15) is 23.7 Å². The highest BCUT2D eigenvalue weighted by Crippen LogP contribution is 2.41. The molecule has 3 amide bonds. The maximum absolute atomic E-state index is 13.5. The summed E-state index contributed by atoms with van der Waals surface area (Å²) in [4.78, 5) is 74.5. The number of hydrogen-bond acceptors (Lipinski definition) is 13. The molecule has 5 rings (SSSR count). The van der Waals surface area contributed by atoms with Crippen molar-refractivity contribution in [3.8, 4) is 11.5 Å². The number of nitrogens with two attached hydrogens (primary N) is 1. The molecule has 1 aromatic carbocycles. The van der Waals surface area contributed by atoms with E-state index >= 15 is 0 Å². The van der Waals surface area contributed by atoms with Gasteiger partial charge in [0.25, 0.3) is 17.7 Å². The fourth-order valence-corrected chi connectivity index (χ4v) is 8.58. The van der Waals surface area contributed by atoms with Gasteiger partial charge in [0, 0.05) is 41.7 Å². The number of phenols is 2. The topological polar surface area (TPSA) is 234 Å². The number of anilines is 1. The summed E-state index contributed by atoms with van der Waals surface area (Å²) < 4.78 is 0.576. The molecule has 0 aliphatic carbocycles. The lowest BCUT2D eigenvalue weighted by Crippen LogP contribution is -2.71. The summed E-state index contributed by atoms with van der Waals surface area (Å²) in [5.74, 6) is -3.53. The number of hydrogen-bond donors (Lipinski definition) is 6. The molecular formula is C32H39ClN7O9S2+. The van der Waals surface area contributed by atoms with E-state index < -0.39 is 52.2 Å². The molecule has 2 aromatic rings. The normalized spacial score (nSPS) is 25.1. The molecule has 1 aromatic heterocycles. The van der Waals surface area contributed by atoms with Crippen LogP contribution in [0.1, 0.15) is 56.1 Å². The molecule has 5 atom stereocenters. The number of aliphatic carboxylic acids is 1. The van der Waals surface area contributed by atoms with E-state index in [2.05, 4.69) is 34.7 Å². The number of nitrogens with one attached hydrogen (secondary N) is 2. The number of oxime groups is 1. The zero-order chi connectivity index (χ0) is 37.4. The standard InChI is InChI=1S/C32H38ClN7O9S2/c1-5-17-8-16(35-26(44)18-9-22(42)23(43)10-19(18)33)6-7-40(17,4)11-15-13-50-29-25(28(46)39(29)21(15)12-41)37-27(45)24(20-14-51-31(34)36-20)38-49-32(2,3)30(47)48/h9-10,12,14,16-17,25,29H,5-8,11,13H2,1-4H3,(H6-,34,35,36,37,38,42,43,44,45,47,48)/p+1/t16-,17-,25-,29-,40?/m1/s1. The number of rotatable bonds is 12. The first kappa shape index (κ1) is 37.9. The summed E-state index contributed by atoms with van der Waals surface area (Å²) >= 11 is 8.59. The number of aromatic nitrogens is 1. The number of thiazole rings is 1. The number of carbonyl (C=O) groups is 5. The fraction of sp³-hybridized carbons (Fsp3) is 0.469. The largest absolute Gasteiger partial charge is 0.504 e. The molecule has 7 N–H and O–H groups in total. The molecule has 3 aliphatic heterocycles. The molecule has 1 unspecified atom stereocenters. The summed E-state index contributed by atoms with van der Waals surface area (Å²) in [5.41, 5.74) is 4.77. The van der Waals surface area contributed by atoms with Crippen LogP contribution in [-0.4, -0.2) is 120 Å². The van der Waals surface area contributed by atoms with Crippen molar-refractivity contribution in [2.45, 2.75) is 69.1 Å². The smallest absolute Gasteiger partial charge is 0.350 e. The fourth-order valence-electron chi connectivity index (χ4n) is 6.44. The Balaban J connectivity index is 1.27. The number of benzene rings is 1. The molecule has 0 radical (unpaired) electrons. The average Bonchev–Trinajstić information content (AvgIpc) is 3.51. The number of nitrogen functional groups attached to an aromatic ring is 1. The van der Waals surface area contributed by atoms with Crippen LogP contribution in [0.25, 0.3) is 0 Å². The van der Waals surface area contributed by atoms with Crippen LogP contribution in [0.4, 0.5) is 5.13 Å². The third-order valence-electron chi connectivity index (χ3n) is 9.45. The van der Waals surface area contributed by atoms with Crippen molar-refractivity contribution in [3.63, 3.8) is 0 Å². The molecule has 3 aliphatic rings. The van der Waals surface area contributed by atoms with Gasteiger partial charge in [-0.25, -0.2) is 9.78 Å². The van der Waals surface area contributed by atoms with E-state index in [1.165, 1.54) is 35.9 Å². The second-order valence-electron chi connectivity index (χ2n) is 13.3. The number of carbonyl (C=O) groups excluding carboxylic acids is 4. The monoisotopic (exact) mass is 764 g/mol. The number of amides is 3. The molecule has 51 heavy (non-hydrogen) atoms. The number of β-lactam (4-membered cyclic amide) rings is 1. The predicted octanol–water partition coefficient (Wildman–Crippen LogP) is 2.04. The van der Waals surface area contributed by atoms with Gasteiger partial charge in [-0.3, -0.25) is 24.1 Å². The summed E-state index contributed by atoms with van der Waals surface area (Å²) in [6.07, 6.45) is 2.71. The zero-order valence-corrected chi connectivity index (χ0v) is 30.6. The van der Waals surface area contributed by atoms with Crippen LogP contribution in [0, 0.1) is 0 Å². The van der Waals surface area contributed by atoms with E-state index in [1.807, 2.05) is 0 Å². The quantitative estimate of drug-likeness (QED) is 0.0455. The Morgan fingerprint density at radius 2 is 1.96 bits per heavy atom. The Hall–Kier alpha value is -4.39. The lowest BCUT2D eigenvalue weighted by molar-refractivity contribution is -0.934. The number of carboxylic acids is 1. The second-order valence-corrected chi connectivity index (χ2v) is 15.7. The van der Waals surface area contributed by atoms with Crippen LogP contribution in [0.2, 0.25) is 5.02 Å². The van der Waals surface area contributed by atoms with Crippen molar-refractivity contribution in [1.82, 2.24) is 20.5 Å². The molecule has 19 heteroatoms. The number of quaternary nitrogens is 1. The van der Waals surface area contributed by atoms with Crippen molar-refractivity contribution >= 4 is 75.5 Å². The number of likely N-dealkylation sites (tertiary alicyclic amines) is 1. The lowest BCUT2D eigenvalue weighted by atomic mass is 9.91. The van der Waals surface area contributed by atoms with Gasteiger partial charge in [0.15, 0.2) is 28.6 Å². The summed E-state index contributed by atoms with van der Waals surface area (Å²) in [7, 11) is 2.09. The Bertz CT molecular complexity index is 1830. The van der Waals surface area contributed by atoms with E-state index in [1.54, 1.807) is 0 Å². The first-order valence-corrected chi connectivity index (χ1v) is 18.3. The van der Waals surface area contributed by atoms with Gasteiger partial charge in [0.2, 0.25) is 5.60 Å². The lowest BCUT2D eigenvalue weighted by Gasteiger charge is -2.51. The Morgan fingerprint density at radius 3 is 2.59 bits per heavy atom. The number of piperidine rings is 1. The number of fused-ring (bicyclic) bond motifs is 1. The maximum Gasteiger partial charge on any atom is 0.350 e. The number of allylic oxidation sites excluding steroid dienone is 1. The summed E-state index contributed by atoms with van der Waals surface area (Å²) in [6, 6.07) is 1.17. The Kier molecular flexibility index (Phi) is 10.9. The van der Waals surface area contributed by atoms with Gasteiger partial charge in [-0.05, 0) is 26.3 Å². The molecule has 2 fully saturated rings. The van der Waals surface area contributed by atoms with E-state index in [9.17, 15) is 39.3 Å². The number of thioether (sulfide) groups is 1. The molecule has 274 valence electrons. The van der Waals surface area contributed by atoms with Crippen LogP contribution in [-0.2, 0) is 24.0 Å². The summed E-state index contributed by atoms with van der Waals surface area (Å²) in [5, 5.41) is 39.4. The maximum atomic E-state index is 13.5. The third-order valence-corrected chi connectivity index (χ3v) is 11.8. The summed E-state index contributed by atoms with van der Waals surface area (Å²) in [6.45, 7) is 5.73. The number of likely N-dealkylation sites (N-methyl/N-ethyl adjacent to an activating group) is 1. The van der Waals surface area contributed by atoms with Crippen molar-refractivity contribution in [1.29, 1.82) is 0 Å². The van der Waals surface area contributed by atoms with Crippen LogP contribution >= 0.6 is 34.7 Å². The van der Waals surface area contributed by atoms with Crippen LogP contribution in [0.15, 0.2) is 33.9 Å². The average molecular weight is 765 g/mol. The molecule has 2 saturated heterocycles. The minimum Gasteiger partial charge on any atom is -0.504 e. The van der Waals surface area contributed by atoms with E-state index in [0.29, 0.717) is 42.5 Å². The number of aromatic hydroxyl groups is 2. The first-order chi connectivity index (χ1) is 24.0. The molecule has 4 heterocycles. The Morgan fingerprint density at radius 1 is 1.25 bits per heavy atom. The predicted molar refractivity (Wildman–Crippen MR) is 189 cm³/mol. The van der Waals surface area contributed by atoms with Crippen LogP contribution < -0.4 is 16.4 Å². The van der Waals surface area contributed by atoms with Crippen molar-refractivity contribution in [2.24, 2.45) is 5.16 Å². The second kappa shape index (κ2) is 14.7. The van der Waals surface area contributed by atoms with Gasteiger partial charge in [-0.2, -0.15) is 0 Å². The van der Waals surface area contributed by atoms with E-state index in [-0.39, 0.29) is 44.9 Å². The number of aldehydes is 1. The van der Waals surface area contributed by atoms with Gasteiger partial charge >= 0.3 is 5.97 Å². The van der Waals surface area contributed by atoms with Gasteiger partial charge < -0.3 is 41.0 Å². The van der Waals surface area contributed by atoms with Gasteiger partial charge in [-0.1, -0.05) is 23.7 Å². The number of nitrogens with zero attached hydrogens (tertiary/aromatic N) is 4. The SMILES string of the molecule is CC[C@@H]1C[C@H](NC(=O)c2cc(O)c(O)cc2Cl)CC[N+]1(C)CC1=C(C=O)N2C(=O)[C@@H](NC(=O)/C(=N\OC(C)(C)C(=O)O)c3csc(N)n3)[C@H]2SC1. The van der Waals surface area contributed by atoms with Gasteiger partial charge in [-0.15, -0.1) is 23.1 Å². The molecule has 0 spiro atoms. The number of carboxylic acid groups (broad SMARTS) is 1. The van der Waals surface area contributed by atoms with Crippen LogP contribution in [0.5, 0.6) is 11.5 Å². The molecule has 0 saturated carbocycles. The number of halogens is 1. The van der Waals surface area contributed by atoms with Gasteiger partial charge in [0.05, 0.1) is 35.9 Å². The molecular weight excluding hydrogens is 726 g/mol. The minimum absolute atomic E-state index is 0.0158. The minimum atomic E-state index is -1.76. The number of phenolic OH excluding ortho intramolecular Hbond substituents is 2. The van der Waals surface area contributed by atoms with E-state index in [4.69, 9.17) is 22.2 Å². The highest BCUT2D eigenvalue weighted by atomic mass is 35.5. The van der Waals surface area contributed by atoms with E-state index in [0.717, 1.165) is 35.5 Å². The highest BCUT2D eigenvalue weighted by Gasteiger charge is 2.54. The molecule has 16 nitrogen and oxygen atoms in total. The van der Waals surface area contributed by atoms with Crippen molar-refractivity contribution < 1.29 is 48.6 Å². The Labute approximate surface area is 306 Å². The third kappa shape index (κ3) is 7.63. The van der Waals surface area contributed by atoms with Crippen molar-refractivity contribution in [2.75, 3.05) is 31.6 Å². The van der Waals surface area contributed by atoms with Crippen molar-refractivity contribution in [3.05, 3.63) is 45.1 Å². The molecule has 0 bridgehead atoms.